The van der Waals surface area contributed by atoms with Gasteiger partial charge in [0.15, 0.2) is 0 Å². The van der Waals surface area contributed by atoms with Gasteiger partial charge < -0.3 is 11.1 Å². The summed E-state index contributed by atoms with van der Waals surface area (Å²) < 4.78 is 14.4. The quantitative estimate of drug-likeness (QED) is 0.849. The van der Waals surface area contributed by atoms with Crippen LogP contribution >= 0.6 is 15.9 Å². The number of rotatable bonds is 3. The fraction of sp³-hybridized carbons (Fsp3) is 0.0714. The molecule has 96 valence electrons. The van der Waals surface area contributed by atoms with E-state index >= 15 is 0 Å². The van der Waals surface area contributed by atoms with Gasteiger partial charge in [-0.1, -0.05) is 15.9 Å². The van der Waals surface area contributed by atoms with E-state index in [0.717, 1.165) is 10.2 Å². The van der Waals surface area contributed by atoms with Gasteiger partial charge in [0.25, 0.3) is 0 Å². The normalized spacial score (nSPS) is 9.95. The van der Waals surface area contributed by atoms with Gasteiger partial charge in [0.1, 0.15) is 11.9 Å². The van der Waals surface area contributed by atoms with Gasteiger partial charge in [0.2, 0.25) is 0 Å². The maximum atomic E-state index is 13.5. The topological polar surface area (TPSA) is 61.8 Å². The second-order valence-corrected chi connectivity index (χ2v) is 4.92. The van der Waals surface area contributed by atoms with Gasteiger partial charge in [0, 0.05) is 28.0 Å². The second kappa shape index (κ2) is 5.72. The van der Waals surface area contributed by atoms with Crippen molar-refractivity contribution >= 4 is 27.3 Å². The zero-order valence-electron chi connectivity index (χ0n) is 9.95. The SMILES string of the molecule is N#Cc1cc(NCc2cc(Br)ccc2F)ccc1N. The van der Waals surface area contributed by atoms with Crippen LogP contribution < -0.4 is 11.1 Å². The smallest absolute Gasteiger partial charge is 0.128 e. The summed E-state index contributed by atoms with van der Waals surface area (Å²) in [4.78, 5) is 0. The van der Waals surface area contributed by atoms with E-state index in [2.05, 4.69) is 21.2 Å². The van der Waals surface area contributed by atoms with Gasteiger partial charge in [-0.2, -0.15) is 5.26 Å². The van der Waals surface area contributed by atoms with Gasteiger partial charge in [-0.05, 0) is 36.4 Å². The molecule has 0 amide bonds. The fourth-order valence-electron chi connectivity index (χ4n) is 1.64. The molecule has 19 heavy (non-hydrogen) atoms. The van der Waals surface area contributed by atoms with Crippen LogP contribution in [0.4, 0.5) is 15.8 Å². The number of nitriles is 1. The summed E-state index contributed by atoms with van der Waals surface area (Å²) >= 11 is 3.30. The molecule has 2 aromatic rings. The van der Waals surface area contributed by atoms with Crippen LogP contribution in [-0.4, -0.2) is 0 Å². The predicted octanol–water partition coefficient (Wildman–Crippen LogP) is 3.65. The molecule has 0 unspecified atom stereocenters. The van der Waals surface area contributed by atoms with Crippen molar-refractivity contribution in [2.75, 3.05) is 11.1 Å². The van der Waals surface area contributed by atoms with E-state index in [0.29, 0.717) is 23.4 Å². The second-order valence-electron chi connectivity index (χ2n) is 4.00. The Balaban J connectivity index is 2.15. The van der Waals surface area contributed by atoms with Crippen LogP contribution in [-0.2, 0) is 6.54 Å². The highest BCUT2D eigenvalue weighted by molar-refractivity contribution is 9.10. The molecular formula is C14H11BrFN3. The van der Waals surface area contributed by atoms with Gasteiger partial charge in [-0.3, -0.25) is 0 Å². The molecule has 0 spiro atoms. The molecule has 0 atom stereocenters. The van der Waals surface area contributed by atoms with Crippen molar-refractivity contribution in [1.29, 1.82) is 5.26 Å². The van der Waals surface area contributed by atoms with Crippen molar-refractivity contribution in [3.05, 3.63) is 57.8 Å². The fourth-order valence-corrected chi connectivity index (χ4v) is 2.05. The van der Waals surface area contributed by atoms with Crippen molar-refractivity contribution in [1.82, 2.24) is 0 Å². The lowest BCUT2D eigenvalue weighted by Crippen LogP contribution is -2.02. The minimum Gasteiger partial charge on any atom is -0.398 e. The number of hydrogen-bond acceptors (Lipinski definition) is 3. The molecule has 0 radical (unpaired) electrons. The number of benzene rings is 2. The van der Waals surface area contributed by atoms with Crippen molar-refractivity contribution in [2.45, 2.75) is 6.54 Å². The van der Waals surface area contributed by atoms with E-state index in [4.69, 9.17) is 11.0 Å². The van der Waals surface area contributed by atoms with Crippen LogP contribution in [0.5, 0.6) is 0 Å². The van der Waals surface area contributed by atoms with Crippen LogP contribution in [0.3, 0.4) is 0 Å². The molecule has 0 saturated heterocycles. The monoisotopic (exact) mass is 319 g/mol. The molecule has 5 heteroatoms. The average molecular weight is 320 g/mol. The number of nitrogen functional groups attached to an aromatic ring is 1. The summed E-state index contributed by atoms with van der Waals surface area (Å²) in [6.45, 7) is 0.333. The van der Waals surface area contributed by atoms with Crippen molar-refractivity contribution < 1.29 is 4.39 Å². The lowest BCUT2D eigenvalue weighted by atomic mass is 10.1. The first-order valence-corrected chi connectivity index (χ1v) is 6.37. The molecule has 0 heterocycles. The number of nitrogens with zero attached hydrogens (tertiary/aromatic N) is 1. The Morgan fingerprint density at radius 1 is 1.26 bits per heavy atom. The Kier molecular flexibility index (Phi) is 4.03. The first-order valence-electron chi connectivity index (χ1n) is 5.57. The molecule has 0 aliphatic rings. The summed E-state index contributed by atoms with van der Waals surface area (Å²) in [5.41, 5.74) is 7.74. The third-order valence-corrected chi connectivity index (χ3v) is 3.16. The van der Waals surface area contributed by atoms with E-state index in [-0.39, 0.29) is 5.82 Å². The molecular weight excluding hydrogens is 309 g/mol. The number of hydrogen-bond donors (Lipinski definition) is 2. The largest absolute Gasteiger partial charge is 0.398 e. The van der Waals surface area contributed by atoms with Gasteiger partial charge in [0.05, 0.1) is 5.56 Å². The summed E-state index contributed by atoms with van der Waals surface area (Å²) in [5, 5.41) is 11.9. The molecule has 2 rings (SSSR count). The Morgan fingerprint density at radius 2 is 2.05 bits per heavy atom. The first-order chi connectivity index (χ1) is 9.10. The number of nitrogens with one attached hydrogen (secondary N) is 1. The van der Waals surface area contributed by atoms with Crippen LogP contribution in [0.25, 0.3) is 0 Å². The number of nitrogens with two attached hydrogens (primary N) is 1. The molecule has 0 aliphatic heterocycles. The highest BCUT2D eigenvalue weighted by Gasteiger charge is 2.04. The molecule has 0 saturated carbocycles. The maximum Gasteiger partial charge on any atom is 0.128 e. The maximum absolute atomic E-state index is 13.5. The standard InChI is InChI=1S/C14H11BrFN3/c15-11-1-3-13(16)10(5-11)8-19-12-2-4-14(18)9(6-12)7-17/h1-6,19H,8,18H2. The third kappa shape index (κ3) is 3.24. The summed E-state index contributed by atoms with van der Waals surface area (Å²) in [6.07, 6.45) is 0. The van der Waals surface area contributed by atoms with Crippen LogP contribution in [0, 0.1) is 17.1 Å². The van der Waals surface area contributed by atoms with Crippen LogP contribution in [0.15, 0.2) is 40.9 Å². The molecule has 0 bridgehead atoms. The number of halogens is 2. The molecule has 0 aromatic heterocycles. The summed E-state index contributed by atoms with van der Waals surface area (Å²) in [7, 11) is 0. The first kappa shape index (κ1) is 13.4. The van der Waals surface area contributed by atoms with Gasteiger partial charge in [-0.15, -0.1) is 0 Å². The highest BCUT2D eigenvalue weighted by atomic mass is 79.9. The van der Waals surface area contributed by atoms with Crippen molar-refractivity contribution in [3.8, 4) is 6.07 Å². The molecule has 0 fully saturated rings. The number of anilines is 2. The van der Waals surface area contributed by atoms with Crippen molar-refractivity contribution in [3.63, 3.8) is 0 Å². The molecule has 2 aromatic carbocycles. The van der Waals surface area contributed by atoms with Gasteiger partial charge >= 0.3 is 0 Å². The third-order valence-electron chi connectivity index (χ3n) is 2.66. The van der Waals surface area contributed by atoms with E-state index < -0.39 is 0 Å². The van der Waals surface area contributed by atoms with E-state index in [1.165, 1.54) is 6.07 Å². The summed E-state index contributed by atoms with van der Waals surface area (Å²) in [6, 6.07) is 11.8. The zero-order chi connectivity index (χ0) is 13.8. The minimum atomic E-state index is -0.272. The molecule has 3 N–H and O–H groups in total. The van der Waals surface area contributed by atoms with Gasteiger partial charge in [-0.25, -0.2) is 4.39 Å². The van der Waals surface area contributed by atoms with Crippen LogP contribution in [0.1, 0.15) is 11.1 Å². The zero-order valence-corrected chi connectivity index (χ0v) is 11.5. The van der Waals surface area contributed by atoms with E-state index in [9.17, 15) is 4.39 Å². The average Bonchev–Trinajstić information content (AvgIpc) is 2.41. The van der Waals surface area contributed by atoms with Crippen LogP contribution in [0.2, 0.25) is 0 Å². The van der Waals surface area contributed by atoms with E-state index in [1.54, 1.807) is 30.3 Å². The highest BCUT2D eigenvalue weighted by Crippen LogP contribution is 2.20. The Bertz CT molecular complexity index is 650. The Labute approximate surface area is 119 Å². The summed E-state index contributed by atoms with van der Waals surface area (Å²) in [5.74, 6) is -0.272. The minimum absolute atomic E-state index is 0.272. The lowest BCUT2D eigenvalue weighted by molar-refractivity contribution is 0.612. The Morgan fingerprint density at radius 3 is 2.79 bits per heavy atom. The van der Waals surface area contributed by atoms with E-state index in [1.807, 2.05) is 6.07 Å². The predicted molar refractivity (Wildman–Crippen MR) is 77.0 cm³/mol. The Hall–Kier alpha value is -2.06. The lowest BCUT2D eigenvalue weighted by Gasteiger charge is -2.09. The molecule has 0 aliphatic carbocycles. The van der Waals surface area contributed by atoms with Crippen molar-refractivity contribution in [2.24, 2.45) is 0 Å². The molecule has 3 nitrogen and oxygen atoms in total.